The van der Waals surface area contributed by atoms with Gasteiger partial charge in [0.25, 0.3) is 17.7 Å². The number of fused-ring (bicyclic) bond motifs is 2. The van der Waals surface area contributed by atoms with E-state index in [0.717, 1.165) is 11.1 Å². The average Bonchev–Trinajstić information content (AvgIpc) is 3.80. The van der Waals surface area contributed by atoms with Crippen LogP contribution in [0, 0.1) is 0 Å². The minimum absolute atomic E-state index is 0.0405. The van der Waals surface area contributed by atoms with E-state index in [-0.39, 0.29) is 55.0 Å². The van der Waals surface area contributed by atoms with E-state index in [9.17, 15) is 24.0 Å². The molecule has 1 aromatic heterocycles. The number of benzene rings is 2. The minimum atomic E-state index is -0.479. The molecule has 44 heavy (non-hydrogen) atoms. The van der Waals surface area contributed by atoms with E-state index in [1.165, 1.54) is 23.3 Å². The van der Waals surface area contributed by atoms with E-state index in [0.29, 0.717) is 60.7 Å². The van der Waals surface area contributed by atoms with Crippen molar-refractivity contribution < 1.29 is 28.7 Å². The van der Waals surface area contributed by atoms with E-state index in [4.69, 9.17) is 4.74 Å². The number of carbonyl (C=O) groups excluding carboxylic acids is 5. The highest BCUT2D eigenvalue weighted by Crippen LogP contribution is 2.40. The highest BCUT2D eigenvalue weighted by atomic mass is 32.1. The van der Waals surface area contributed by atoms with Crippen molar-refractivity contribution in [3.8, 4) is 5.75 Å². The fourth-order valence-electron chi connectivity index (χ4n) is 6.29. The summed E-state index contributed by atoms with van der Waals surface area (Å²) in [5, 5.41) is 2.56. The molecule has 0 saturated carbocycles. The molecule has 4 heterocycles. The van der Waals surface area contributed by atoms with Gasteiger partial charge in [-0.1, -0.05) is 24.3 Å². The van der Waals surface area contributed by atoms with Gasteiger partial charge in [0, 0.05) is 51.5 Å². The van der Waals surface area contributed by atoms with E-state index in [1.807, 2.05) is 18.2 Å². The first-order valence-electron chi connectivity index (χ1n) is 14.8. The maximum Gasteiger partial charge on any atom is 0.265 e. The highest BCUT2D eigenvalue weighted by Gasteiger charge is 2.39. The smallest absolute Gasteiger partial charge is 0.265 e. The maximum absolute atomic E-state index is 13.5. The normalized spacial score (nSPS) is 19.2. The van der Waals surface area contributed by atoms with Gasteiger partial charge in [-0.05, 0) is 36.6 Å². The number of aromatic nitrogens is 1. The highest BCUT2D eigenvalue weighted by molar-refractivity contribution is 7.11. The van der Waals surface area contributed by atoms with Crippen LogP contribution in [0.3, 0.4) is 0 Å². The molecule has 0 spiro atoms. The third-order valence-corrected chi connectivity index (χ3v) is 9.29. The lowest BCUT2D eigenvalue weighted by Gasteiger charge is -2.39. The molecular formula is C32H33N5O6S. The minimum Gasteiger partial charge on any atom is -0.488 e. The van der Waals surface area contributed by atoms with Crippen molar-refractivity contribution in [1.29, 1.82) is 0 Å². The molecular weight excluding hydrogens is 582 g/mol. The summed E-state index contributed by atoms with van der Waals surface area (Å²) < 4.78 is 6.55. The van der Waals surface area contributed by atoms with Crippen molar-refractivity contribution in [1.82, 2.24) is 25.0 Å². The number of carbonyl (C=O) groups is 5. The van der Waals surface area contributed by atoms with Crippen molar-refractivity contribution in [3.05, 3.63) is 81.3 Å². The number of nitrogens with one attached hydrogen (secondary N) is 1. The second-order valence-corrected chi connectivity index (χ2v) is 12.0. The van der Waals surface area contributed by atoms with Crippen molar-refractivity contribution in [2.24, 2.45) is 0 Å². The summed E-state index contributed by atoms with van der Waals surface area (Å²) in [6.07, 6.45) is 3.00. The average molecular weight is 616 g/mol. The van der Waals surface area contributed by atoms with Crippen LogP contribution >= 0.6 is 11.3 Å². The van der Waals surface area contributed by atoms with Gasteiger partial charge < -0.3 is 19.9 Å². The second-order valence-electron chi connectivity index (χ2n) is 11.1. The third-order valence-electron chi connectivity index (χ3n) is 8.53. The summed E-state index contributed by atoms with van der Waals surface area (Å²) >= 11 is 1.31. The summed E-state index contributed by atoms with van der Waals surface area (Å²) in [7, 11) is 1.54. The van der Waals surface area contributed by atoms with E-state index >= 15 is 0 Å². The standard InChI is InChI=1S/C32H33N5O6S/c1-33-27(38)9-10-28(39)36-15-11-20-5-4-8-25(43-21-12-14-35(18-21)32(42)26-17-34-19-44-26)29(20)24(36)13-16-37-30(40)22-6-2-3-7-23(22)31(37)41/h2-8,17,19,21,24H,9-16,18H2,1H3,(H,33,38)/t21-,24+/m0/s1. The molecule has 1 fully saturated rings. The number of amides is 5. The fourth-order valence-corrected chi connectivity index (χ4v) is 6.87. The predicted molar refractivity (Wildman–Crippen MR) is 161 cm³/mol. The summed E-state index contributed by atoms with van der Waals surface area (Å²) in [6, 6.07) is 12.1. The Labute approximate surface area is 258 Å². The van der Waals surface area contributed by atoms with Crippen molar-refractivity contribution in [3.63, 3.8) is 0 Å². The van der Waals surface area contributed by atoms with Crippen LogP contribution in [0.5, 0.6) is 5.75 Å². The Morgan fingerprint density at radius 3 is 2.50 bits per heavy atom. The lowest BCUT2D eigenvalue weighted by atomic mass is 9.89. The van der Waals surface area contributed by atoms with Gasteiger partial charge in [-0.3, -0.25) is 33.9 Å². The van der Waals surface area contributed by atoms with E-state index in [1.54, 1.807) is 45.8 Å². The molecule has 0 radical (unpaired) electrons. The summed E-state index contributed by atoms with van der Waals surface area (Å²) in [5.74, 6) is -0.540. The Morgan fingerprint density at radius 2 is 1.80 bits per heavy atom. The molecule has 3 aliphatic rings. The SMILES string of the molecule is CNC(=O)CCC(=O)N1CCc2cccc(O[C@H]3CCN(C(=O)c4cncs4)C3)c2[C@H]1CCN1C(=O)c2ccccc2C1=O. The topological polar surface area (TPSA) is 129 Å². The molecule has 2 aromatic carbocycles. The molecule has 1 N–H and O–H groups in total. The first-order chi connectivity index (χ1) is 21.4. The molecule has 6 rings (SSSR count). The van der Waals surface area contributed by atoms with Crippen LogP contribution in [0.1, 0.15) is 73.2 Å². The van der Waals surface area contributed by atoms with E-state index < -0.39 is 6.04 Å². The first kappa shape index (κ1) is 29.5. The van der Waals surface area contributed by atoms with Gasteiger partial charge in [-0.25, -0.2) is 0 Å². The Balaban J connectivity index is 1.25. The summed E-state index contributed by atoms with van der Waals surface area (Å²) in [4.78, 5) is 74.0. The molecule has 5 amide bonds. The van der Waals surface area contributed by atoms with Crippen LogP contribution in [0.25, 0.3) is 0 Å². The Morgan fingerprint density at radius 1 is 1.02 bits per heavy atom. The zero-order chi connectivity index (χ0) is 30.8. The number of nitrogens with zero attached hydrogens (tertiary/aromatic N) is 4. The first-order valence-corrected chi connectivity index (χ1v) is 15.6. The fraction of sp³-hybridized carbons (Fsp3) is 0.375. The lowest BCUT2D eigenvalue weighted by Crippen LogP contribution is -2.43. The van der Waals surface area contributed by atoms with Gasteiger partial charge in [-0.15, -0.1) is 11.3 Å². The van der Waals surface area contributed by atoms with Gasteiger partial charge in [0.2, 0.25) is 11.8 Å². The zero-order valence-electron chi connectivity index (χ0n) is 24.4. The van der Waals surface area contributed by atoms with Crippen molar-refractivity contribution in [2.45, 2.75) is 44.2 Å². The van der Waals surface area contributed by atoms with Gasteiger partial charge in [0.05, 0.1) is 35.4 Å². The maximum atomic E-state index is 13.5. The van der Waals surface area contributed by atoms with Crippen LogP contribution in [0.2, 0.25) is 0 Å². The summed E-state index contributed by atoms with van der Waals surface area (Å²) in [6.45, 7) is 1.54. The van der Waals surface area contributed by atoms with Crippen LogP contribution in [-0.2, 0) is 16.0 Å². The number of rotatable bonds is 9. The van der Waals surface area contributed by atoms with Crippen LogP contribution < -0.4 is 10.1 Å². The largest absolute Gasteiger partial charge is 0.488 e. The van der Waals surface area contributed by atoms with Gasteiger partial charge in [0.15, 0.2) is 0 Å². The molecule has 0 bridgehead atoms. The van der Waals surface area contributed by atoms with Gasteiger partial charge >= 0.3 is 0 Å². The van der Waals surface area contributed by atoms with Crippen LogP contribution in [0.15, 0.2) is 54.2 Å². The number of thiazole rings is 1. The predicted octanol–water partition coefficient (Wildman–Crippen LogP) is 3.07. The monoisotopic (exact) mass is 615 g/mol. The molecule has 0 aliphatic carbocycles. The molecule has 3 aliphatic heterocycles. The number of hydrogen-bond donors (Lipinski definition) is 1. The van der Waals surface area contributed by atoms with E-state index in [2.05, 4.69) is 10.3 Å². The number of imide groups is 1. The number of likely N-dealkylation sites (tertiary alicyclic amines) is 1. The number of ether oxygens (including phenoxy) is 1. The molecule has 2 atom stereocenters. The number of hydrogen-bond acceptors (Lipinski definition) is 8. The lowest BCUT2D eigenvalue weighted by molar-refractivity contribution is -0.136. The third kappa shape index (κ3) is 5.69. The zero-order valence-corrected chi connectivity index (χ0v) is 25.2. The second kappa shape index (κ2) is 12.6. The molecule has 228 valence electrons. The molecule has 12 heteroatoms. The quantitative estimate of drug-likeness (QED) is 0.367. The Bertz CT molecular complexity index is 1570. The molecule has 1 saturated heterocycles. The van der Waals surface area contributed by atoms with Crippen LogP contribution in [0.4, 0.5) is 0 Å². The van der Waals surface area contributed by atoms with Crippen molar-refractivity contribution >= 4 is 40.9 Å². The Kier molecular flexibility index (Phi) is 8.42. The Hall–Kier alpha value is -4.58. The van der Waals surface area contributed by atoms with Gasteiger partial charge in [-0.2, -0.15) is 0 Å². The van der Waals surface area contributed by atoms with Crippen LogP contribution in [-0.4, -0.2) is 88.6 Å². The molecule has 11 nitrogen and oxygen atoms in total. The van der Waals surface area contributed by atoms with Gasteiger partial charge in [0.1, 0.15) is 16.7 Å². The van der Waals surface area contributed by atoms with Crippen molar-refractivity contribution in [2.75, 3.05) is 33.2 Å². The summed E-state index contributed by atoms with van der Waals surface area (Å²) in [5.41, 5.74) is 4.26. The molecule has 0 unspecified atom stereocenters. The molecule has 3 aromatic rings.